The van der Waals surface area contributed by atoms with Gasteiger partial charge in [0.1, 0.15) is 0 Å². The first-order valence-corrected chi connectivity index (χ1v) is 5.10. The number of hydrogen-bond acceptors (Lipinski definition) is 2. The van der Waals surface area contributed by atoms with Crippen molar-refractivity contribution in [2.75, 3.05) is 13.1 Å². The zero-order valence-corrected chi connectivity index (χ0v) is 9.49. The van der Waals surface area contributed by atoms with Crippen LogP contribution in [0.1, 0.15) is 20.3 Å². The van der Waals surface area contributed by atoms with Crippen LogP contribution in [0.5, 0.6) is 0 Å². The van der Waals surface area contributed by atoms with Gasteiger partial charge in [-0.1, -0.05) is 6.92 Å². The highest BCUT2D eigenvalue weighted by atomic mass is 32.1. The Bertz CT molecular complexity index is 196. The molecule has 0 unspecified atom stereocenters. The summed E-state index contributed by atoms with van der Waals surface area (Å²) < 4.78 is 0. The van der Waals surface area contributed by atoms with Crippen molar-refractivity contribution in [1.29, 1.82) is 0 Å². The van der Waals surface area contributed by atoms with E-state index in [4.69, 9.17) is 18.0 Å². The minimum absolute atomic E-state index is 0.185. The lowest BCUT2D eigenvalue weighted by Gasteiger charge is -2.11. The van der Waals surface area contributed by atoms with Crippen molar-refractivity contribution in [3.63, 3.8) is 0 Å². The molecule has 1 atom stereocenters. The van der Waals surface area contributed by atoms with E-state index in [1.54, 1.807) is 0 Å². The predicted molar refractivity (Wildman–Crippen MR) is 61.6 cm³/mol. The lowest BCUT2D eigenvalue weighted by molar-refractivity contribution is -0.118. The predicted octanol–water partition coefficient (Wildman–Crippen LogP) is 0.186. The Hall–Kier alpha value is -0.840. The Labute approximate surface area is 90.6 Å². The van der Waals surface area contributed by atoms with Gasteiger partial charge in [-0.2, -0.15) is 0 Å². The number of nitrogens with two attached hydrogens (primary N) is 1. The number of primary amides is 1. The summed E-state index contributed by atoms with van der Waals surface area (Å²) in [5, 5.41) is 6.60. The van der Waals surface area contributed by atoms with Crippen molar-refractivity contribution < 1.29 is 4.79 Å². The Morgan fingerprint density at radius 2 is 2.21 bits per heavy atom. The van der Waals surface area contributed by atoms with Crippen LogP contribution in [-0.4, -0.2) is 24.1 Å². The van der Waals surface area contributed by atoms with Crippen LogP contribution in [0.2, 0.25) is 0 Å². The van der Waals surface area contributed by atoms with Gasteiger partial charge in [0.2, 0.25) is 5.91 Å². The van der Waals surface area contributed by atoms with E-state index in [-0.39, 0.29) is 11.8 Å². The summed E-state index contributed by atoms with van der Waals surface area (Å²) in [5.74, 6) is -0.0903. The number of nitrogens with one attached hydrogen (secondary N) is 2. The first kappa shape index (κ1) is 13.2. The van der Waals surface area contributed by atoms with Crippen LogP contribution >= 0.6 is 12.2 Å². The molecule has 5 heteroatoms. The Balaban J connectivity index is 3.43. The van der Waals surface area contributed by atoms with Gasteiger partial charge < -0.3 is 16.4 Å². The van der Waals surface area contributed by atoms with E-state index in [0.717, 1.165) is 6.54 Å². The first-order valence-electron chi connectivity index (χ1n) is 4.69. The molecule has 0 aliphatic heterocycles. The molecule has 0 aliphatic carbocycles. The summed E-state index contributed by atoms with van der Waals surface area (Å²) in [6, 6.07) is 0. The molecule has 0 aromatic rings. The number of hydrogen-bond donors (Lipinski definition) is 3. The highest BCUT2D eigenvalue weighted by Gasteiger charge is 2.05. The van der Waals surface area contributed by atoms with Gasteiger partial charge in [-0.3, -0.25) is 4.79 Å². The standard InChI is InChI=1S/C9H18N3OS/c1-3-11-9(14)12-5-4-7(2)6-8(10)13/h4,7H,3,5-6H2,1-2H3,(H2,10,13)(H2,11,12,14)/t7-/m0/s1. The van der Waals surface area contributed by atoms with Gasteiger partial charge in [-0.25, -0.2) is 0 Å². The number of carbonyl (C=O) groups excluding carboxylic acids is 1. The largest absolute Gasteiger partial charge is 0.370 e. The van der Waals surface area contributed by atoms with Crippen molar-refractivity contribution in [2.24, 2.45) is 11.7 Å². The molecule has 0 fully saturated rings. The van der Waals surface area contributed by atoms with Gasteiger partial charge in [0, 0.05) is 19.5 Å². The highest BCUT2D eigenvalue weighted by Crippen LogP contribution is 2.03. The van der Waals surface area contributed by atoms with Gasteiger partial charge in [0.15, 0.2) is 5.11 Å². The zero-order chi connectivity index (χ0) is 11.0. The van der Waals surface area contributed by atoms with Crippen molar-refractivity contribution >= 4 is 23.2 Å². The first-order chi connectivity index (χ1) is 6.56. The van der Waals surface area contributed by atoms with Gasteiger partial charge in [-0.15, -0.1) is 0 Å². The van der Waals surface area contributed by atoms with E-state index in [1.807, 2.05) is 20.3 Å². The third kappa shape index (κ3) is 7.79. The van der Waals surface area contributed by atoms with Crippen molar-refractivity contribution in [1.82, 2.24) is 10.6 Å². The summed E-state index contributed by atoms with van der Waals surface area (Å²) in [7, 11) is 0. The average Bonchev–Trinajstić information content (AvgIpc) is 2.02. The normalized spacial score (nSPS) is 11.9. The maximum Gasteiger partial charge on any atom is 0.217 e. The van der Waals surface area contributed by atoms with Gasteiger partial charge >= 0.3 is 0 Å². The second-order valence-corrected chi connectivity index (χ2v) is 3.53. The maximum atomic E-state index is 10.6. The summed E-state index contributed by atoms with van der Waals surface area (Å²) >= 11 is 4.96. The van der Waals surface area contributed by atoms with Crippen molar-refractivity contribution in [2.45, 2.75) is 20.3 Å². The topological polar surface area (TPSA) is 67.2 Å². The summed E-state index contributed by atoms with van der Waals surface area (Å²) in [6.07, 6.45) is 2.37. The maximum absolute atomic E-state index is 10.6. The number of carbonyl (C=O) groups is 1. The van der Waals surface area contributed by atoms with E-state index in [9.17, 15) is 4.79 Å². The Morgan fingerprint density at radius 3 is 2.71 bits per heavy atom. The van der Waals surface area contributed by atoms with Gasteiger partial charge in [-0.05, 0) is 31.5 Å². The zero-order valence-electron chi connectivity index (χ0n) is 8.67. The van der Waals surface area contributed by atoms with Crippen molar-refractivity contribution in [3.8, 4) is 0 Å². The number of rotatable bonds is 6. The van der Waals surface area contributed by atoms with E-state index in [0.29, 0.717) is 18.1 Å². The second kappa shape index (κ2) is 7.55. The molecule has 0 saturated carbocycles. The molecule has 1 amide bonds. The molecule has 0 bridgehead atoms. The quantitative estimate of drug-likeness (QED) is 0.554. The van der Waals surface area contributed by atoms with Crippen LogP contribution in [0.15, 0.2) is 0 Å². The van der Waals surface area contributed by atoms with Gasteiger partial charge in [0.25, 0.3) is 0 Å². The third-order valence-electron chi connectivity index (χ3n) is 1.64. The van der Waals surface area contributed by atoms with Crippen LogP contribution in [0.3, 0.4) is 0 Å². The summed E-state index contributed by atoms with van der Waals surface area (Å²) in [5.41, 5.74) is 5.06. The minimum atomic E-state index is -0.275. The van der Waals surface area contributed by atoms with Crippen LogP contribution in [-0.2, 0) is 4.79 Å². The summed E-state index contributed by atoms with van der Waals surface area (Å²) in [6.45, 7) is 5.39. The lowest BCUT2D eigenvalue weighted by Crippen LogP contribution is -2.36. The molecule has 0 spiro atoms. The monoisotopic (exact) mass is 216 g/mol. The van der Waals surface area contributed by atoms with E-state index >= 15 is 0 Å². The van der Waals surface area contributed by atoms with E-state index in [2.05, 4.69) is 10.6 Å². The molecule has 4 nitrogen and oxygen atoms in total. The molecule has 1 radical (unpaired) electrons. The SMILES string of the molecule is CCNC(=S)NC[CH][C@H](C)CC(N)=O. The smallest absolute Gasteiger partial charge is 0.217 e. The van der Waals surface area contributed by atoms with Crippen LogP contribution in [0.25, 0.3) is 0 Å². The minimum Gasteiger partial charge on any atom is -0.370 e. The summed E-state index contributed by atoms with van der Waals surface area (Å²) in [4.78, 5) is 10.6. The van der Waals surface area contributed by atoms with Crippen molar-refractivity contribution in [3.05, 3.63) is 6.42 Å². The van der Waals surface area contributed by atoms with E-state index in [1.165, 1.54) is 0 Å². The molecule has 81 valence electrons. The lowest BCUT2D eigenvalue weighted by atomic mass is 10.0. The molecule has 0 rings (SSSR count). The number of amides is 1. The van der Waals surface area contributed by atoms with Crippen LogP contribution in [0, 0.1) is 12.3 Å². The molecular weight excluding hydrogens is 198 g/mol. The van der Waals surface area contributed by atoms with Crippen LogP contribution in [0.4, 0.5) is 0 Å². The molecule has 0 saturated heterocycles. The van der Waals surface area contributed by atoms with E-state index < -0.39 is 0 Å². The average molecular weight is 216 g/mol. The van der Waals surface area contributed by atoms with Gasteiger partial charge in [0.05, 0.1) is 0 Å². The molecular formula is C9H18N3OS. The fraction of sp³-hybridized carbons (Fsp3) is 0.667. The molecule has 4 N–H and O–H groups in total. The Kier molecular flexibility index (Phi) is 7.10. The number of thiocarbonyl (C=S) groups is 1. The molecule has 0 aromatic heterocycles. The third-order valence-corrected chi connectivity index (χ3v) is 1.93. The second-order valence-electron chi connectivity index (χ2n) is 3.12. The molecule has 0 aliphatic rings. The highest BCUT2D eigenvalue weighted by molar-refractivity contribution is 7.80. The Morgan fingerprint density at radius 1 is 1.57 bits per heavy atom. The molecule has 0 aromatic carbocycles. The van der Waals surface area contributed by atoms with Crippen LogP contribution < -0.4 is 16.4 Å². The fourth-order valence-corrected chi connectivity index (χ4v) is 1.20. The molecule has 14 heavy (non-hydrogen) atoms. The fourth-order valence-electron chi connectivity index (χ4n) is 0.977. The molecule has 0 heterocycles.